The normalized spacial score (nSPS) is 15.0. The van der Waals surface area contributed by atoms with E-state index in [-0.39, 0.29) is 5.91 Å². The van der Waals surface area contributed by atoms with Gasteiger partial charge >= 0.3 is 0 Å². The summed E-state index contributed by atoms with van der Waals surface area (Å²) in [5.74, 6) is 0.475. The second-order valence-corrected chi connectivity index (χ2v) is 6.67. The van der Waals surface area contributed by atoms with E-state index in [0.29, 0.717) is 18.8 Å². The molecule has 4 nitrogen and oxygen atoms in total. The van der Waals surface area contributed by atoms with E-state index in [9.17, 15) is 4.79 Å². The minimum Gasteiger partial charge on any atom is -0.451 e. The van der Waals surface area contributed by atoms with Crippen molar-refractivity contribution in [2.45, 2.75) is 13.8 Å². The van der Waals surface area contributed by atoms with Gasteiger partial charge in [-0.3, -0.25) is 4.79 Å². The number of amides is 1. The molecule has 128 valence electrons. The smallest absolute Gasteiger partial charge is 0.290 e. The summed E-state index contributed by atoms with van der Waals surface area (Å²) in [6, 6.07) is 16.3. The highest BCUT2D eigenvalue weighted by Crippen LogP contribution is 2.26. The number of aryl methyl sites for hydroxylation is 2. The maximum absolute atomic E-state index is 12.9. The maximum atomic E-state index is 12.9. The van der Waals surface area contributed by atoms with Crippen molar-refractivity contribution >= 4 is 22.6 Å². The maximum Gasteiger partial charge on any atom is 0.290 e. The Morgan fingerprint density at radius 3 is 2.44 bits per heavy atom. The lowest BCUT2D eigenvalue weighted by Gasteiger charge is -2.36. The lowest BCUT2D eigenvalue weighted by Crippen LogP contribution is -2.48. The number of carbonyl (C=O) groups excluding carboxylic acids is 1. The van der Waals surface area contributed by atoms with Gasteiger partial charge in [0.15, 0.2) is 5.76 Å². The lowest BCUT2D eigenvalue weighted by molar-refractivity contribution is 0.0716. The van der Waals surface area contributed by atoms with Crippen LogP contribution in [0.4, 0.5) is 5.69 Å². The highest BCUT2D eigenvalue weighted by atomic mass is 16.3. The summed E-state index contributed by atoms with van der Waals surface area (Å²) in [4.78, 5) is 17.1. The molecule has 1 aliphatic heterocycles. The highest BCUT2D eigenvalue weighted by Gasteiger charge is 2.26. The molecule has 1 aromatic heterocycles. The third kappa shape index (κ3) is 2.88. The number of fused-ring (bicyclic) bond motifs is 1. The molecule has 4 heteroatoms. The fraction of sp³-hybridized carbons (Fsp3) is 0.286. The number of hydrogen-bond donors (Lipinski definition) is 0. The number of anilines is 1. The van der Waals surface area contributed by atoms with E-state index in [2.05, 4.69) is 36.1 Å². The zero-order valence-corrected chi connectivity index (χ0v) is 14.7. The summed E-state index contributed by atoms with van der Waals surface area (Å²) in [7, 11) is 0. The van der Waals surface area contributed by atoms with Gasteiger partial charge in [0.05, 0.1) is 0 Å². The van der Waals surface area contributed by atoms with E-state index in [1.807, 2.05) is 36.1 Å². The van der Waals surface area contributed by atoms with Crippen molar-refractivity contribution in [3.05, 3.63) is 65.4 Å². The molecule has 1 saturated heterocycles. The standard InChI is InChI=1S/C21H22N2O2/c1-15-6-5-7-17(14-15)22-10-12-23(13-11-22)21(24)20-16(2)18-8-3-4-9-19(18)25-20/h3-9,14H,10-13H2,1-2H3. The first kappa shape index (κ1) is 15.8. The minimum absolute atomic E-state index is 0.00223. The SMILES string of the molecule is Cc1cccc(N2CCN(C(=O)c3oc4ccccc4c3C)CC2)c1. The number of carbonyl (C=O) groups is 1. The van der Waals surface area contributed by atoms with Gasteiger partial charge in [-0.25, -0.2) is 0 Å². The van der Waals surface area contributed by atoms with E-state index < -0.39 is 0 Å². The molecule has 0 radical (unpaired) electrons. The van der Waals surface area contributed by atoms with Crippen LogP contribution in [0.25, 0.3) is 11.0 Å². The van der Waals surface area contributed by atoms with Crippen LogP contribution >= 0.6 is 0 Å². The van der Waals surface area contributed by atoms with Crippen LogP contribution in [0.3, 0.4) is 0 Å². The molecule has 1 amide bonds. The summed E-state index contributed by atoms with van der Waals surface area (Å²) in [6.45, 7) is 7.17. The predicted octanol–water partition coefficient (Wildman–Crippen LogP) is 4.01. The molecule has 25 heavy (non-hydrogen) atoms. The van der Waals surface area contributed by atoms with Crippen molar-refractivity contribution in [1.29, 1.82) is 0 Å². The van der Waals surface area contributed by atoms with Crippen LogP contribution in [0.2, 0.25) is 0 Å². The molecule has 0 aliphatic carbocycles. The van der Waals surface area contributed by atoms with Crippen LogP contribution in [-0.2, 0) is 0 Å². The second kappa shape index (κ2) is 6.28. The van der Waals surface area contributed by atoms with Gasteiger partial charge in [-0.05, 0) is 37.6 Å². The Morgan fingerprint density at radius 2 is 1.72 bits per heavy atom. The molecule has 0 saturated carbocycles. The number of piperazine rings is 1. The van der Waals surface area contributed by atoms with Crippen molar-refractivity contribution in [1.82, 2.24) is 4.90 Å². The number of nitrogens with zero attached hydrogens (tertiary/aromatic N) is 2. The molecule has 2 heterocycles. The average Bonchev–Trinajstić information content (AvgIpc) is 2.98. The first-order valence-corrected chi connectivity index (χ1v) is 8.72. The zero-order chi connectivity index (χ0) is 17.4. The number of furan rings is 1. The molecule has 4 rings (SSSR count). The van der Waals surface area contributed by atoms with Gasteiger partial charge in [-0.15, -0.1) is 0 Å². The molecule has 2 aromatic carbocycles. The third-order valence-corrected chi connectivity index (χ3v) is 4.97. The summed E-state index contributed by atoms with van der Waals surface area (Å²) < 4.78 is 5.84. The van der Waals surface area contributed by atoms with E-state index in [1.54, 1.807) is 0 Å². The monoisotopic (exact) mass is 334 g/mol. The Morgan fingerprint density at radius 1 is 0.960 bits per heavy atom. The summed E-state index contributed by atoms with van der Waals surface area (Å²) in [6.07, 6.45) is 0. The van der Waals surface area contributed by atoms with Crippen molar-refractivity contribution in [2.75, 3.05) is 31.1 Å². The number of hydrogen-bond acceptors (Lipinski definition) is 3. The molecule has 0 atom stereocenters. The lowest BCUT2D eigenvalue weighted by atomic mass is 10.1. The van der Waals surface area contributed by atoms with Crippen molar-refractivity contribution in [3.63, 3.8) is 0 Å². The molecule has 1 aliphatic rings. The van der Waals surface area contributed by atoms with Crippen LogP contribution in [0.15, 0.2) is 52.9 Å². The van der Waals surface area contributed by atoms with Crippen LogP contribution in [0.5, 0.6) is 0 Å². The van der Waals surface area contributed by atoms with Crippen LogP contribution in [0, 0.1) is 13.8 Å². The summed E-state index contributed by atoms with van der Waals surface area (Å²) >= 11 is 0. The molecule has 0 N–H and O–H groups in total. The van der Waals surface area contributed by atoms with Crippen molar-refractivity contribution < 1.29 is 9.21 Å². The van der Waals surface area contributed by atoms with E-state index in [4.69, 9.17) is 4.42 Å². The molecular weight excluding hydrogens is 312 g/mol. The molecule has 3 aromatic rings. The van der Waals surface area contributed by atoms with Gasteiger partial charge in [-0.1, -0.05) is 30.3 Å². The van der Waals surface area contributed by atoms with Crippen molar-refractivity contribution in [2.24, 2.45) is 0 Å². The van der Waals surface area contributed by atoms with E-state index in [0.717, 1.165) is 29.6 Å². The van der Waals surface area contributed by atoms with Gasteiger partial charge < -0.3 is 14.2 Å². The van der Waals surface area contributed by atoms with Gasteiger partial charge in [0.2, 0.25) is 0 Å². The van der Waals surface area contributed by atoms with Crippen LogP contribution in [0.1, 0.15) is 21.7 Å². The second-order valence-electron chi connectivity index (χ2n) is 6.67. The largest absolute Gasteiger partial charge is 0.451 e. The van der Waals surface area contributed by atoms with Crippen LogP contribution in [-0.4, -0.2) is 37.0 Å². The van der Waals surface area contributed by atoms with Crippen molar-refractivity contribution in [3.8, 4) is 0 Å². The Hall–Kier alpha value is -2.75. The van der Waals surface area contributed by atoms with Gasteiger partial charge in [0.1, 0.15) is 5.58 Å². The average molecular weight is 334 g/mol. The summed E-state index contributed by atoms with van der Waals surface area (Å²) in [5, 5.41) is 1.02. The van der Waals surface area contributed by atoms with Crippen LogP contribution < -0.4 is 4.90 Å². The zero-order valence-electron chi connectivity index (χ0n) is 14.7. The fourth-order valence-corrected chi connectivity index (χ4v) is 3.51. The first-order valence-electron chi connectivity index (χ1n) is 8.72. The Kier molecular flexibility index (Phi) is 3.96. The van der Waals surface area contributed by atoms with E-state index in [1.165, 1.54) is 11.3 Å². The number of para-hydroxylation sites is 1. The number of rotatable bonds is 2. The molecule has 0 spiro atoms. The van der Waals surface area contributed by atoms with E-state index >= 15 is 0 Å². The molecule has 0 bridgehead atoms. The third-order valence-electron chi connectivity index (χ3n) is 4.97. The Bertz CT molecular complexity index is 921. The van der Waals surface area contributed by atoms with Gasteiger partial charge in [-0.2, -0.15) is 0 Å². The number of benzene rings is 2. The molecule has 1 fully saturated rings. The van der Waals surface area contributed by atoms with Gasteiger partial charge in [0, 0.05) is 42.8 Å². The first-order chi connectivity index (χ1) is 12.1. The quantitative estimate of drug-likeness (QED) is 0.710. The fourth-order valence-electron chi connectivity index (χ4n) is 3.51. The Balaban J connectivity index is 1.50. The minimum atomic E-state index is -0.00223. The summed E-state index contributed by atoms with van der Waals surface area (Å²) in [5.41, 5.74) is 4.20. The van der Waals surface area contributed by atoms with Gasteiger partial charge in [0.25, 0.3) is 5.91 Å². The Labute approximate surface area is 147 Å². The molecule has 0 unspecified atom stereocenters. The highest BCUT2D eigenvalue weighted by molar-refractivity contribution is 5.99. The topological polar surface area (TPSA) is 36.7 Å². The predicted molar refractivity (Wildman–Crippen MR) is 100 cm³/mol. The molecular formula is C21H22N2O2.